The average molecular weight is 329 g/mol. The molecule has 0 aliphatic rings. The molecule has 0 amide bonds. The second-order valence-electron chi connectivity index (χ2n) is 4.38. The van der Waals surface area contributed by atoms with Gasteiger partial charge in [-0.3, -0.25) is 0 Å². The molecule has 0 atom stereocenters. The molecule has 0 aromatic carbocycles. The highest BCUT2D eigenvalue weighted by Crippen LogP contribution is 2.34. The van der Waals surface area contributed by atoms with E-state index < -0.39 is 11.7 Å². The van der Waals surface area contributed by atoms with E-state index in [1.165, 1.54) is 0 Å². The van der Waals surface area contributed by atoms with Crippen molar-refractivity contribution >= 4 is 29.0 Å². The first-order chi connectivity index (χ1) is 9.35. The van der Waals surface area contributed by atoms with Crippen LogP contribution in [-0.4, -0.2) is 23.5 Å². The monoisotopic (exact) mass is 328 g/mol. The average Bonchev–Trinajstić information content (AvgIpc) is 2.38. The summed E-state index contributed by atoms with van der Waals surface area (Å²) in [6, 6.07) is 1.06. The molecular weight excluding hydrogens is 312 g/mol. The largest absolute Gasteiger partial charge is 0.417 e. The Morgan fingerprint density at radius 3 is 2.30 bits per heavy atom. The quantitative estimate of drug-likeness (QED) is 0.684. The van der Waals surface area contributed by atoms with Crippen molar-refractivity contribution in [1.29, 1.82) is 0 Å². The van der Waals surface area contributed by atoms with Crippen LogP contribution in [0.1, 0.15) is 32.3 Å². The van der Waals surface area contributed by atoms with Crippen LogP contribution in [0.2, 0.25) is 5.02 Å². The lowest BCUT2D eigenvalue weighted by molar-refractivity contribution is -0.137. The lowest BCUT2D eigenvalue weighted by Gasteiger charge is -2.31. The summed E-state index contributed by atoms with van der Waals surface area (Å²) in [5.41, 5.74) is -0.846. The molecule has 0 aliphatic heterocycles. The van der Waals surface area contributed by atoms with Crippen LogP contribution >= 0.6 is 23.2 Å². The van der Waals surface area contributed by atoms with Gasteiger partial charge in [0.25, 0.3) is 0 Å². The Balaban J connectivity index is 3.15. The lowest BCUT2D eigenvalue weighted by atomic mass is 10.1. The van der Waals surface area contributed by atoms with Gasteiger partial charge in [0.05, 0.1) is 10.6 Å². The van der Waals surface area contributed by atoms with Crippen LogP contribution in [0.3, 0.4) is 0 Å². The first kappa shape index (κ1) is 17.4. The van der Waals surface area contributed by atoms with Crippen LogP contribution in [0.4, 0.5) is 19.0 Å². The summed E-state index contributed by atoms with van der Waals surface area (Å²) in [5.74, 6) is 0.712. The molecule has 2 nitrogen and oxygen atoms in total. The summed E-state index contributed by atoms with van der Waals surface area (Å²) in [6.07, 6.45) is -1.95. The van der Waals surface area contributed by atoms with Crippen LogP contribution in [0.25, 0.3) is 0 Å². The number of alkyl halides is 4. The predicted octanol–water partition coefficient (Wildman–Crippen LogP) is 4.99. The predicted molar refractivity (Wildman–Crippen MR) is 76.7 cm³/mol. The summed E-state index contributed by atoms with van der Waals surface area (Å²) in [5, 5.41) is -0.00292. The Labute approximate surface area is 126 Å². The first-order valence-corrected chi connectivity index (χ1v) is 7.31. The maximum absolute atomic E-state index is 12.6. The molecule has 1 rings (SSSR count). The van der Waals surface area contributed by atoms with Crippen LogP contribution in [0.5, 0.6) is 0 Å². The molecular formula is C13H17Cl2F3N2. The second kappa shape index (κ2) is 7.36. The zero-order chi connectivity index (χ0) is 15.3. The van der Waals surface area contributed by atoms with Gasteiger partial charge in [-0.05, 0) is 18.9 Å². The second-order valence-corrected chi connectivity index (χ2v) is 5.17. The van der Waals surface area contributed by atoms with Gasteiger partial charge in [-0.15, -0.1) is 11.6 Å². The molecule has 0 saturated carbocycles. The summed E-state index contributed by atoms with van der Waals surface area (Å²) in [4.78, 5) is 5.77. The zero-order valence-electron chi connectivity index (χ0n) is 11.3. The van der Waals surface area contributed by atoms with Gasteiger partial charge in [-0.25, -0.2) is 4.98 Å². The van der Waals surface area contributed by atoms with Crippen molar-refractivity contribution in [3.63, 3.8) is 0 Å². The molecule has 7 heteroatoms. The zero-order valence-corrected chi connectivity index (χ0v) is 12.9. The number of halogens is 5. The molecule has 0 bridgehead atoms. The van der Waals surface area contributed by atoms with Crippen LogP contribution in [0.15, 0.2) is 12.3 Å². The number of hydrogen-bond donors (Lipinski definition) is 0. The molecule has 0 N–H and O–H groups in total. The Hall–Kier alpha value is -0.680. The van der Waals surface area contributed by atoms with E-state index in [-0.39, 0.29) is 11.1 Å². The number of anilines is 1. The number of hydrogen-bond acceptors (Lipinski definition) is 2. The van der Waals surface area contributed by atoms with E-state index in [4.69, 9.17) is 23.2 Å². The number of rotatable bonds is 6. The third kappa shape index (κ3) is 4.16. The molecule has 0 saturated heterocycles. The van der Waals surface area contributed by atoms with Gasteiger partial charge < -0.3 is 4.90 Å². The topological polar surface area (TPSA) is 16.1 Å². The smallest absolute Gasteiger partial charge is 0.351 e. The fourth-order valence-corrected chi connectivity index (χ4v) is 2.54. The summed E-state index contributed by atoms with van der Waals surface area (Å²) in [6.45, 7) is 4.51. The van der Waals surface area contributed by atoms with Crippen molar-refractivity contribution in [2.24, 2.45) is 0 Å². The molecule has 1 aromatic rings. The fourth-order valence-electron chi connectivity index (χ4n) is 2.08. The van der Waals surface area contributed by atoms with E-state index in [2.05, 4.69) is 4.98 Å². The molecule has 20 heavy (non-hydrogen) atoms. The van der Waals surface area contributed by atoms with Gasteiger partial charge >= 0.3 is 6.18 Å². The fraction of sp³-hybridized carbons (Fsp3) is 0.615. The van der Waals surface area contributed by atoms with Gasteiger partial charge in [-0.1, -0.05) is 25.4 Å². The molecule has 0 unspecified atom stereocenters. The molecule has 0 aliphatic carbocycles. The minimum Gasteiger partial charge on any atom is -0.351 e. The van der Waals surface area contributed by atoms with Gasteiger partial charge in [0.1, 0.15) is 5.82 Å². The van der Waals surface area contributed by atoms with Gasteiger partial charge in [0.2, 0.25) is 0 Å². The Morgan fingerprint density at radius 2 is 1.90 bits per heavy atom. The third-order valence-electron chi connectivity index (χ3n) is 3.13. The lowest BCUT2D eigenvalue weighted by Crippen LogP contribution is -2.37. The van der Waals surface area contributed by atoms with Crippen molar-refractivity contribution in [3.8, 4) is 0 Å². The number of aromatic nitrogens is 1. The van der Waals surface area contributed by atoms with Gasteiger partial charge in [0, 0.05) is 24.7 Å². The summed E-state index contributed by atoms with van der Waals surface area (Å²) in [7, 11) is 0. The van der Waals surface area contributed by atoms with Crippen LogP contribution in [-0.2, 0) is 6.18 Å². The Kier molecular flexibility index (Phi) is 6.40. The van der Waals surface area contributed by atoms with E-state index in [1.807, 2.05) is 18.7 Å². The third-order valence-corrected chi connectivity index (χ3v) is 3.58. The van der Waals surface area contributed by atoms with E-state index in [0.717, 1.165) is 25.1 Å². The van der Waals surface area contributed by atoms with Crippen molar-refractivity contribution in [2.75, 3.05) is 17.3 Å². The van der Waals surface area contributed by atoms with E-state index >= 15 is 0 Å². The van der Waals surface area contributed by atoms with E-state index in [1.54, 1.807) is 0 Å². The maximum atomic E-state index is 12.6. The highest BCUT2D eigenvalue weighted by Gasteiger charge is 2.32. The SMILES string of the molecule is CCC(CC)N(CCCl)c1ncc(C(F)(F)F)cc1Cl. The molecule has 1 heterocycles. The summed E-state index contributed by atoms with van der Waals surface area (Å²) >= 11 is 11.7. The van der Waals surface area contributed by atoms with Gasteiger partial charge in [-0.2, -0.15) is 13.2 Å². The standard InChI is InChI=1S/C13H17Cl2F3N2/c1-3-10(4-2)20(6-5-14)12-11(15)7-9(8-19-12)13(16,17)18/h7-8,10H,3-6H2,1-2H3. The van der Waals surface area contributed by atoms with Crippen LogP contribution < -0.4 is 4.90 Å². The van der Waals surface area contributed by atoms with Crippen molar-refractivity contribution in [2.45, 2.75) is 38.9 Å². The molecule has 0 radical (unpaired) electrons. The number of pyridine rings is 1. The minimum atomic E-state index is -4.44. The van der Waals surface area contributed by atoms with E-state index in [0.29, 0.717) is 18.2 Å². The number of nitrogens with zero attached hydrogens (tertiary/aromatic N) is 2. The first-order valence-electron chi connectivity index (χ1n) is 6.40. The molecule has 0 spiro atoms. The van der Waals surface area contributed by atoms with Crippen molar-refractivity contribution < 1.29 is 13.2 Å². The van der Waals surface area contributed by atoms with Crippen molar-refractivity contribution in [3.05, 3.63) is 22.8 Å². The molecule has 114 valence electrons. The highest BCUT2D eigenvalue weighted by molar-refractivity contribution is 6.33. The Bertz CT molecular complexity index is 434. The molecule has 1 aromatic heterocycles. The van der Waals surface area contributed by atoms with Crippen molar-refractivity contribution in [1.82, 2.24) is 4.98 Å². The summed E-state index contributed by atoms with van der Waals surface area (Å²) < 4.78 is 37.8. The van der Waals surface area contributed by atoms with Gasteiger partial charge in [0.15, 0.2) is 0 Å². The minimum absolute atomic E-state index is 0.00292. The Morgan fingerprint density at radius 1 is 1.30 bits per heavy atom. The van der Waals surface area contributed by atoms with E-state index in [9.17, 15) is 13.2 Å². The highest BCUT2D eigenvalue weighted by atomic mass is 35.5. The van der Waals surface area contributed by atoms with Crippen LogP contribution in [0, 0.1) is 0 Å². The maximum Gasteiger partial charge on any atom is 0.417 e. The normalized spacial score (nSPS) is 12.0. The molecule has 0 fully saturated rings.